The van der Waals surface area contributed by atoms with Crippen LogP contribution in [0, 0.1) is 5.92 Å². The first-order valence-electron chi connectivity index (χ1n) is 5.87. The molecule has 0 heterocycles. The second kappa shape index (κ2) is 8.06. The van der Waals surface area contributed by atoms with Crippen molar-refractivity contribution in [3.8, 4) is 0 Å². The second-order valence-electron chi connectivity index (χ2n) is 4.50. The smallest absolute Gasteiger partial charge is 0.307 e. The minimum atomic E-state index is -0.333. The van der Waals surface area contributed by atoms with Crippen molar-refractivity contribution in [3.63, 3.8) is 0 Å². The van der Waals surface area contributed by atoms with Gasteiger partial charge in [0.2, 0.25) is 5.91 Å². The van der Waals surface area contributed by atoms with Crippen LogP contribution in [0.3, 0.4) is 0 Å². The standard InChI is InChI=1S/C12H23NO4/c1-9(2)7-11(8-12(16)17-4)13(5-6-14)10(3)15/h9,11,14H,5-8H2,1-4H3. The van der Waals surface area contributed by atoms with Gasteiger partial charge in [0, 0.05) is 19.5 Å². The Morgan fingerprint density at radius 3 is 2.29 bits per heavy atom. The highest BCUT2D eigenvalue weighted by Crippen LogP contribution is 2.15. The second-order valence-corrected chi connectivity index (χ2v) is 4.50. The number of amides is 1. The summed E-state index contributed by atoms with van der Waals surface area (Å²) in [7, 11) is 1.33. The van der Waals surface area contributed by atoms with Gasteiger partial charge in [-0.05, 0) is 12.3 Å². The minimum Gasteiger partial charge on any atom is -0.469 e. The summed E-state index contributed by atoms with van der Waals surface area (Å²) in [6.45, 7) is 5.66. The molecule has 0 saturated heterocycles. The van der Waals surface area contributed by atoms with Gasteiger partial charge in [-0.15, -0.1) is 0 Å². The average Bonchev–Trinajstić information content (AvgIpc) is 2.23. The molecule has 0 spiro atoms. The summed E-state index contributed by atoms with van der Waals surface area (Å²) < 4.78 is 4.63. The maximum Gasteiger partial charge on any atom is 0.307 e. The predicted octanol–water partition coefficient (Wildman–Crippen LogP) is 0.805. The van der Waals surface area contributed by atoms with E-state index in [1.807, 2.05) is 13.8 Å². The molecule has 0 aromatic rings. The molecule has 0 fully saturated rings. The zero-order valence-electron chi connectivity index (χ0n) is 11.1. The highest BCUT2D eigenvalue weighted by atomic mass is 16.5. The van der Waals surface area contributed by atoms with Gasteiger partial charge in [0.1, 0.15) is 0 Å². The first-order valence-corrected chi connectivity index (χ1v) is 5.87. The largest absolute Gasteiger partial charge is 0.469 e. The van der Waals surface area contributed by atoms with E-state index in [1.54, 1.807) is 0 Å². The molecule has 0 aromatic carbocycles. The van der Waals surface area contributed by atoms with Crippen molar-refractivity contribution >= 4 is 11.9 Å². The number of aliphatic hydroxyl groups is 1. The van der Waals surface area contributed by atoms with Gasteiger partial charge in [0.05, 0.1) is 20.1 Å². The third-order valence-corrected chi connectivity index (χ3v) is 2.56. The van der Waals surface area contributed by atoms with E-state index in [0.29, 0.717) is 12.3 Å². The molecule has 0 radical (unpaired) electrons. The summed E-state index contributed by atoms with van der Waals surface area (Å²) in [6.07, 6.45) is 0.892. The maximum absolute atomic E-state index is 11.5. The molecular formula is C12H23NO4. The Kier molecular flexibility index (Phi) is 7.54. The van der Waals surface area contributed by atoms with Gasteiger partial charge in [-0.1, -0.05) is 13.8 Å². The highest BCUT2D eigenvalue weighted by molar-refractivity contribution is 5.75. The van der Waals surface area contributed by atoms with E-state index in [4.69, 9.17) is 5.11 Å². The van der Waals surface area contributed by atoms with Gasteiger partial charge in [0.25, 0.3) is 0 Å². The number of methoxy groups -OCH3 is 1. The van der Waals surface area contributed by atoms with Crippen LogP contribution < -0.4 is 0 Å². The van der Waals surface area contributed by atoms with E-state index < -0.39 is 0 Å². The molecule has 1 amide bonds. The molecule has 17 heavy (non-hydrogen) atoms. The number of esters is 1. The summed E-state index contributed by atoms with van der Waals surface area (Å²) in [5.41, 5.74) is 0. The van der Waals surface area contributed by atoms with Crippen molar-refractivity contribution in [1.29, 1.82) is 0 Å². The first kappa shape index (κ1) is 15.9. The van der Waals surface area contributed by atoms with Crippen LogP contribution in [-0.4, -0.2) is 48.2 Å². The number of nitrogens with zero attached hydrogens (tertiary/aromatic N) is 1. The van der Waals surface area contributed by atoms with Crippen LogP contribution >= 0.6 is 0 Å². The Morgan fingerprint density at radius 2 is 1.94 bits per heavy atom. The van der Waals surface area contributed by atoms with E-state index in [1.165, 1.54) is 18.9 Å². The summed E-state index contributed by atoms with van der Waals surface area (Å²) in [5, 5.41) is 8.95. The number of ether oxygens (including phenoxy) is 1. The molecule has 5 heteroatoms. The molecule has 0 aromatic heterocycles. The molecule has 0 bridgehead atoms. The zero-order valence-corrected chi connectivity index (χ0v) is 11.1. The van der Waals surface area contributed by atoms with Crippen molar-refractivity contribution in [3.05, 3.63) is 0 Å². The SMILES string of the molecule is COC(=O)CC(CC(C)C)N(CCO)C(C)=O. The molecule has 1 unspecified atom stereocenters. The van der Waals surface area contributed by atoms with E-state index in [9.17, 15) is 9.59 Å². The fraction of sp³-hybridized carbons (Fsp3) is 0.833. The number of aliphatic hydroxyl groups excluding tert-OH is 1. The summed E-state index contributed by atoms with van der Waals surface area (Å²) in [4.78, 5) is 24.3. The Hall–Kier alpha value is -1.10. The van der Waals surface area contributed by atoms with Gasteiger partial charge in [-0.2, -0.15) is 0 Å². The predicted molar refractivity (Wildman–Crippen MR) is 64.3 cm³/mol. The van der Waals surface area contributed by atoms with E-state index in [-0.39, 0.29) is 37.5 Å². The third-order valence-electron chi connectivity index (χ3n) is 2.56. The number of carbonyl (C=O) groups excluding carboxylic acids is 2. The molecule has 1 N–H and O–H groups in total. The first-order chi connectivity index (χ1) is 7.92. The van der Waals surface area contributed by atoms with Crippen LogP contribution in [0.2, 0.25) is 0 Å². The lowest BCUT2D eigenvalue weighted by atomic mass is 9.99. The van der Waals surface area contributed by atoms with Crippen LogP contribution in [-0.2, 0) is 14.3 Å². The number of hydrogen-bond donors (Lipinski definition) is 1. The highest BCUT2D eigenvalue weighted by Gasteiger charge is 2.24. The van der Waals surface area contributed by atoms with Gasteiger partial charge < -0.3 is 14.7 Å². The molecule has 0 aliphatic carbocycles. The Bertz CT molecular complexity index is 253. The minimum absolute atomic E-state index is 0.102. The van der Waals surface area contributed by atoms with E-state index in [2.05, 4.69) is 4.74 Å². The third kappa shape index (κ3) is 6.26. The molecule has 0 aliphatic rings. The average molecular weight is 245 g/mol. The van der Waals surface area contributed by atoms with Crippen LogP contribution in [0.5, 0.6) is 0 Å². The van der Waals surface area contributed by atoms with Gasteiger partial charge in [0.15, 0.2) is 0 Å². The van der Waals surface area contributed by atoms with Gasteiger partial charge in [-0.25, -0.2) is 0 Å². The maximum atomic E-state index is 11.5. The number of carbonyl (C=O) groups is 2. The lowest BCUT2D eigenvalue weighted by molar-refractivity contribution is -0.143. The van der Waals surface area contributed by atoms with E-state index >= 15 is 0 Å². The molecule has 5 nitrogen and oxygen atoms in total. The molecule has 0 aliphatic heterocycles. The van der Waals surface area contributed by atoms with Crippen molar-refractivity contribution in [1.82, 2.24) is 4.90 Å². The molecule has 0 saturated carbocycles. The van der Waals surface area contributed by atoms with Crippen molar-refractivity contribution in [2.24, 2.45) is 5.92 Å². The fourth-order valence-electron chi connectivity index (χ4n) is 1.85. The normalized spacial score (nSPS) is 12.4. The summed E-state index contributed by atoms with van der Waals surface area (Å²) in [5.74, 6) is -0.0985. The van der Waals surface area contributed by atoms with Gasteiger partial charge in [-0.3, -0.25) is 9.59 Å². The number of hydrogen-bond acceptors (Lipinski definition) is 4. The lowest BCUT2D eigenvalue weighted by Crippen LogP contribution is -2.42. The molecule has 100 valence electrons. The Morgan fingerprint density at radius 1 is 1.35 bits per heavy atom. The zero-order chi connectivity index (χ0) is 13.4. The fourth-order valence-corrected chi connectivity index (χ4v) is 1.85. The topological polar surface area (TPSA) is 66.8 Å². The van der Waals surface area contributed by atoms with Crippen LogP contribution in [0.15, 0.2) is 0 Å². The summed E-state index contributed by atoms with van der Waals surface area (Å²) in [6, 6.07) is -0.202. The Labute approximate surface area is 103 Å². The van der Waals surface area contributed by atoms with Crippen molar-refractivity contribution in [2.45, 2.75) is 39.7 Å². The van der Waals surface area contributed by atoms with Crippen molar-refractivity contribution < 1.29 is 19.4 Å². The lowest BCUT2D eigenvalue weighted by Gasteiger charge is -2.31. The number of rotatable bonds is 7. The monoisotopic (exact) mass is 245 g/mol. The summed E-state index contributed by atoms with van der Waals surface area (Å²) >= 11 is 0. The Balaban J connectivity index is 4.71. The van der Waals surface area contributed by atoms with Crippen LogP contribution in [0.1, 0.15) is 33.6 Å². The van der Waals surface area contributed by atoms with Gasteiger partial charge >= 0.3 is 5.97 Å². The van der Waals surface area contributed by atoms with Crippen LogP contribution in [0.4, 0.5) is 0 Å². The molecular weight excluding hydrogens is 222 g/mol. The molecule has 0 rings (SSSR count). The van der Waals surface area contributed by atoms with Crippen molar-refractivity contribution in [2.75, 3.05) is 20.3 Å². The quantitative estimate of drug-likeness (QED) is 0.674. The molecule has 1 atom stereocenters. The van der Waals surface area contributed by atoms with E-state index in [0.717, 1.165) is 0 Å². The van der Waals surface area contributed by atoms with Crippen LogP contribution in [0.25, 0.3) is 0 Å².